The second-order valence-corrected chi connectivity index (χ2v) is 6.77. The van der Waals surface area contributed by atoms with Crippen LogP contribution in [0.15, 0.2) is 28.7 Å². The highest BCUT2D eigenvalue weighted by atomic mass is 79.9. The Morgan fingerprint density at radius 2 is 1.83 bits per heavy atom. The molecule has 0 aliphatic heterocycles. The molecule has 0 bridgehead atoms. The van der Waals surface area contributed by atoms with Gasteiger partial charge in [-0.3, -0.25) is 9.59 Å². The van der Waals surface area contributed by atoms with E-state index in [0.717, 1.165) is 30.2 Å². The molecule has 2 rings (SSSR count). The van der Waals surface area contributed by atoms with Crippen molar-refractivity contribution in [2.75, 3.05) is 6.61 Å². The molecule has 130 valence electrons. The number of amides is 2. The molecular formula is C17H21BrN2O4. The van der Waals surface area contributed by atoms with Crippen molar-refractivity contribution in [3.8, 4) is 0 Å². The number of esters is 1. The summed E-state index contributed by atoms with van der Waals surface area (Å²) in [6.45, 7) is 1.20. The molecule has 1 aliphatic carbocycles. The van der Waals surface area contributed by atoms with Crippen LogP contribution in [-0.4, -0.2) is 36.5 Å². The summed E-state index contributed by atoms with van der Waals surface area (Å²) in [5, 5.41) is 5.39. The molecule has 6 nitrogen and oxygen atoms in total. The third-order valence-corrected chi connectivity index (χ3v) is 4.40. The molecule has 1 aromatic carbocycles. The van der Waals surface area contributed by atoms with Crippen LogP contribution in [0.25, 0.3) is 0 Å². The lowest BCUT2D eigenvalue weighted by Crippen LogP contribution is -2.42. The second-order valence-electron chi connectivity index (χ2n) is 5.86. The largest absolute Gasteiger partial charge is 0.454 e. The van der Waals surface area contributed by atoms with Crippen LogP contribution in [0.5, 0.6) is 0 Å². The summed E-state index contributed by atoms with van der Waals surface area (Å²) >= 11 is 3.29. The lowest BCUT2D eigenvalue weighted by molar-refractivity contribution is -0.150. The summed E-state index contributed by atoms with van der Waals surface area (Å²) in [5.74, 6) is -1.31. The lowest BCUT2D eigenvalue weighted by Gasteiger charge is -2.15. The molecule has 24 heavy (non-hydrogen) atoms. The number of rotatable bonds is 6. The molecule has 1 saturated carbocycles. The van der Waals surface area contributed by atoms with Crippen LogP contribution < -0.4 is 10.6 Å². The van der Waals surface area contributed by atoms with Crippen molar-refractivity contribution >= 4 is 33.7 Å². The highest BCUT2D eigenvalue weighted by Crippen LogP contribution is 2.17. The number of benzene rings is 1. The molecule has 2 amide bonds. The van der Waals surface area contributed by atoms with Gasteiger partial charge in [0.15, 0.2) is 6.61 Å². The lowest BCUT2D eigenvalue weighted by atomic mass is 10.2. The fraction of sp³-hybridized carbons (Fsp3) is 0.471. The Morgan fingerprint density at radius 3 is 2.46 bits per heavy atom. The summed E-state index contributed by atoms with van der Waals surface area (Å²) in [6.07, 6.45) is 4.17. The van der Waals surface area contributed by atoms with E-state index in [0.29, 0.717) is 5.56 Å². The SMILES string of the molecule is C[C@H](NC(=O)c1ccc(Br)cc1)C(=O)OCC(=O)NC1CCCC1. The molecule has 0 saturated heterocycles. The second kappa shape index (κ2) is 8.82. The first-order chi connectivity index (χ1) is 11.5. The molecule has 0 heterocycles. The Labute approximate surface area is 149 Å². The smallest absolute Gasteiger partial charge is 0.328 e. The van der Waals surface area contributed by atoms with E-state index in [-0.39, 0.29) is 24.5 Å². The van der Waals surface area contributed by atoms with Crippen LogP contribution in [0.3, 0.4) is 0 Å². The summed E-state index contributed by atoms with van der Waals surface area (Å²) in [6, 6.07) is 6.13. The van der Waals surface area contributed by atoms with Crippen molar-refractivity contribution in [2.24, 2.45) is 0 Å². The normalized spacial score (nSPS) is 15.6. The fourth-order valence-corrected chi connectivity index (χ4v) is 2.81. The number of carbonyl (C=O) groups excluding carboxylic acids is 3. The van der Waals surface area contributed by atoms with Gasteiger partial charge in [0.25, 0.3) is 11.8 Å². The van der Waals surface area contributed by atoms with Crippen molar-refractivity contribution in [1.82, 2.24) is 10.6 Å². The van der Waals surface area contributed by atoms with E-state index in [2.05, 4.69) is 26.6 Å². The molecule has 0 unspecified atom stereocenters. The van der Waals surface area contributed by atoms with Crippen molar-refractivity contribution in [2.45, 2.75) is 44.7 Å². The predicted molar refractivity (Wildman–Crippen MR) is 92.4 cm³/mol. The first-order valence-electron chi connectivity index (χ1n) is 7.98. The van der Waals surface area contributed by atoms with Gasteiger partial charge in [0.05, 0.1) is 0 Å². The van der Waals surface area contributed by atoms with Gasteiger partial charge >= 0.3 is 5.97 Å². The molecule has 1 fully saturated rings. The summed E-state index contributed by atoms with van der Waals surface area (Å²) < 4.78 is 5.82. The van der Waals surface area contributed by atoms with Crippen LogP contribution in [-0.2, 0) is 14.3 Å². The highest BCUT2D eigenvalue weighted by Gasteiger charge is 2.21. The zero-order chi connectivity index (χ0) is 17.5. The van der Waals surface area contributed by atoms with Crippen LogP contribution in [0.1, 0.15) is 43.0 Å². The first kappa shape index (κ1) is 18.4. The van der Waals surface area contributed by atoms with E-state index >= 15 is 0 Å². The molecule has 0 aromatic heterocycles. The third-order valence-electron chi connectivity index (χ3n) is 3.87. The summed E-state index contributed by atoms with van der Waals surface area (Å²) in [7, 11) is 0. The average Bonchev–Trinajstić information content (AvgIpc) is 3.06. The van der Waals surface area contributed by atoms with Crippen molar-refractivity contribution in [3.05, 3.63) is 34.3 Å². The molecule has 0 radical (unpaired) electrons. The predicted octanol–water partition coefficient (Wildman–Crippen LogP) is 2.17. The van der Waals surface area contributed by atoms with Gasteiger partial charge in [-0.15, -0.1) is 0 Å². The molecule has 1 aliphatic rings. The van der Waals surface area contributed by atoms with Gasteiger partial charge in [-0.1, -0.05) is 28.8 Å². The Hall–Kier alpha value is -1.89. The van der Waals surface area contributed by atoms with Crippen LogP contribution in [0.2, 0.25) is 0 Å². The Balaban J connectivity index is 1.73. The quantitative estimate of drug-likeness (QED) is 0.721. The van der Waals surface area contributed by atoms with Gasteiger partial charge in [-0.2, -0.15) is 0 Å². The number of nitrogens with one attached hydrogen (secondary N) is 2. The number of halogens is 1. The third kappa shape index (κ3) is 5.63. The maximum Gasteiger partial charge on any atom is 0.328 e. The van der Waals surface area contributed by atoms with Crippen LogP contribution >= 0.6 is 15.9 Å². The van der Waals surface area contributed by atoms with E-state index < -0.39 is 12.0 Å². The summed E-state index contributed by atoms with van der Waals surface area (Å²) in [5.41, 5.74) is 0.442. The number of hydrogen-bond donors (Lipinski definition) is 2. The first-order valence-corrected chi connectivity index (χ1v) is 8.77. The van der Waals surface area contributed by atoms with E-state index in [9.17, 15) is 14.4 Å². The van der Waals surface area contributed by atoms with E-state index in [1.807, 2.05) is 0 Å². The minimum absolute atomic E-state index is 0.186. The summed E-state index contributed by atoms with van der Waals surface area (Å²) in [4.78, 5) is 35.6. The Bertz CT molecular complexity index is 597. The maximum atomic E-state index is 12.0. The molecular weight excluding hydrogens is 376 g/mol. The molecule has 0 spiro atoms. The minimum atomic E-state index is -0.833. The minimum Gasteiger partial charge on any atom is -0.454 e. The topological polar surface area (TPSA) is 84.5 Å². The Kier molecular flexibility index (Phi) is 6.78. The van der Waals surface area contributed by atoms with Crippen molar-refractivity contribution in [3.63, 3.8) is 0 Å². The number of carbonyl (C=O) groups is 3. The van der Waals surface area contributed by atoms with Gasteiger partial charge in [-0.05, 0) is 44.0 Å². The Morgan fingerprint density at radius 1 is 1.21 bits per heavy atom. The fourth-order valence-electron chi connectivity index (χ4n) is 2.54. The van der Waals surface area contributed by atoms with Crippen LogP contribution in [0, 0.1) is 0 Å². The zero-order valence-corrected chi connectivity index (χ0v) is 15.1. The molecule has 7 heteroatoms. The molecule has 2 N–H and O–H groups in total. The number of ether oxygens (including phenoxy) is 1. The highest BCUT2D eigenvalue weighted by molar-refractivity contribution is 9.10. The van der Waals surface area contributed by atoms with Gasteiger partial charge in [0, 0.05) is 16.1 Å². The van der Waals surface area contributed by atoms with Crippen LogP contribution in [0.4, 0.5) is 0 Å². The van der Waals surface area contributed by atoms with Crippen molar-refractivity contribution < 1.29 is 19.1 Å². The zero-order valence-electron chi connectivity index (χ0n) is 13.5. The van der Waals surface area contributed by atoms with Gasteiger partial charge in [-0.25, -0.2) is 4.79 Å². The molecule has 1 aromatic rings. The van der Waals surface area contributed by atoms with Gasteiger partial charge < -0.3 is 15.4 Å². The van der Waals surface area contributed by atoms with Crippen molar-refractivity contribution in [1.29, 1.82) is 0 Å². The van der Waals surface area contributed by atoms with Gasteiger partial charge in [0.1, 0.15) is 6.04 Å². The average molecular weight is 397 g/mol. The monoisotopic (exact) mass is 396 g/mol. The van der Waals surface area contributed by atoms with E-state index in [4.69, 9.17) is 4.74 Å². The standard InChI is InChI=1S/C17H21BrN2O4/c1-11(19-16(22)12-6-8-13(18)9-7-12)17(23)24-10-15(21)20-14-4-2-3-5-14/h6-9,11,14H,2-5,10H2,1H3,(H,19,22)(H,20,21)/t11-/m0/s1. The molecule has 1 atom stereocenters. The van der Waals surface area contributed by atoms with E-state index in [1.54, 1.807) is 24.3 Å². The van der Waals surface area contributed by atoms with E-state index in [1.165, 1.54) is 6.92 Å². The maximum absolute atomic E-state index is 12.0. The number of hydrogen-bond acceptors (Lipinski definition) is 4. The van der Waals surface area contributed by atoms with Gasteiger partial charge in [0.2, 0.25) is 0 Å².